The summed E-state index contributed by atoms with van der Waals surface area (Å²) in [4.78, 5) is 28.3. The van der Waals surface area contributed by atoms with Crippen molar-refractivity contribution < 1.29 is 14.0 Å². The van der Waals surface area contributed by atoms with Gasteiger partial charge in [0.15, 0.2) is 0 Å². The van der Waals surface area contributed by atoms with Crippen molar-refractivity contribution in [2.75, 3.05) is 5.75 Å². The minimum Gasteiger partial charge on any atom is -0.352 e. The standard InChI is InChI=1S/C26H30Cl3FN2O2S/c1-2-24(26(34)31-19-7-4-3-5-8-19)32(14-17-11-12-18(27)13-22(17)29)25(33)16-35-15-20-21(28)9-6-10-23(20)30/h6,9-13,19,24H,2-5,7-8,14-16H2,1H3,(H,31,34)/t24-/m1/s1. The molecule has 1 N–H and O–H groups in total. The van der Waals surface area contributed by atoms with Gasteiger partial charge in [-0.2, -0.15) is 0 Å². The van der Waals surface area contributed by atoms with Crippen molar-refractivity contribution in [2.24, 2.45) is 0 Å². The van der Waals surface area contributed by atoms with Crippen molar-refractivity contribution >= 4 is 58.4 Å². The predicted molar refractivity (Wildman–Crippen MR) is 144 cm³/mol. The zero-order chi connectivity index (χ0) is 25.4. The summed E-state index contributed by atoms with van der Waals surface area (Å²) in [5.74, 6) is -0.458. The summed E-state index contributed by atoms with van der Waals surface area (Å²) in [5, 5.41) is 4.41. The molecule has 0 aromatic heterocycles. The second kappa shape index (κ2) is 13.7. The Balaban J connectivity index is 1.76. The van der Waals surface area contributed by atoms with Crippen LogP contribution in [0.3, 0.4) is 0 Å². The van der Waals surface area contributed by atoms with Crippen LogP contribution in [0.2, 0.25) is 15.1 Å². The highest BCUT2D eigenvalue weighted by Crippen LogP contribution is 2.27. The van der Waals surface area contributed by atoms with Crippen molar-refractivity contribution in [2.45, 2.75) is 69.8 Å². The van der Waals surface area contributed by atoms with Crippen molar-refractivity contribution in [1.29, 1.82) is 0 Å². The normalized spacial score (nSPS) is 15.0. The van der Waals surface area contributed by atoms with Crippen LogP contribution in [-0.2, 0) is 21.9 Å². The average Bonchev–Trinajstić information content (AvgIpc) is 2.82. The maximum atomic E-state index is 14.1. The summed E-state index contributed by atoms with van der Waals surface area (Å²) in [5.41, 5.74) is 1.07. The van der Waals surface area contributed by atoms with Crippen LogP contribution in [-0.4, -0.2) is 34.6 Å². The number of nitrogens with one attached hydrogen (secondary N) is 1. The van der Waals surface area contributed by atoms with Gasteiger partial charge in [-0.15, -0.1) is 11.8 Å². The van der Waals surface area contributed by atoms with Crippen LogP contribution >= 0.6 is 46.6 Å². The molecule has 0 bridgehead atoms. The van der Waals surface area contributed by atoms with Crippen LogP contribution in [0, 0.1) is 5.82 Å². The molecule has 0 aliphatic heterocycles. The predicted octanol–water partition coefficient (Wildman–Crippen LogP) is 7.28. The minimum absolute atomic E-state index is 0.0725. The Bertz CT molecular complexity index is 1010. The maximum Gasteiger partial charge on any atom is 0.243 e. The number of hydrogen-bond acceptors (Lipinski definition) is 3. The van der Waals surface area contributed by atoms with Gasteiger partial charge >= 0.3 is 0 Å². The van der Waals surface area contributed by atoms with E-state index in [1.165, 1.54) is 24.2 Å². The monoisotopic (exact) mass is 558 g/mol. The molecule has 0 unspecified atom stereocenters. The molecule has 0 saturated heterocycles. The molecule has 2 aromatic carbocycles. The lowest BCUT2D eigenvalue weighted by molar-refractivity contribution is -0.139. The minimum atomic E-state index is -0.645. The largest absolute Gasteiger partial charge is 0.352 e. The van der Waals surface area contributed by atoms with E-state index in [-0.39, 0.29) is 35.9 Å². The third-order valence-electron chi connectivity index (χ3n) is 6.23. The van der Waals surface area contributed by atoms with Crippen LogP contribution < -0.4 is 5.32 Å². The van der Waals surface area contributed by atoms with Crippen molar-refractivity contribution in [1.82, 2.24) is 10.2 Å². The first-order valence-electron chi connectivity index (χ1n) is 11.8. The summed E-state index contributed by atoms with van der Waals surface area (Å²) in [7, 11) is 0. The Kier molecular flexibility index (Phi) is 11.0. The molecule has 1 aliphatic rings. The molecule has 1 fully saturated rings. The van der Waals surface area contributed by atoms with Crippen LogP contribution in [0.15, 0.2) is 36.4 Å². The third-order valence-corrected chi connectivity index (χ3v) is 8.11. The van der Waals surface area contributed by atoms with E-state index in [0.717, 1.165) is 25.7 Å². The number of carbonyl (C=O) groups excluding carboxylic acids is 2. The Labute approximate surface area is 225 Å². The van der Waals surface area contributed by atoms with Gasteiger partial charge in [0.25, 0.3) is 0 Å². The second-order valence-electron chi connectivity index (χ2n) is 8.72. The first-order chi connectivity index (χ1) is 16.8. The van der Waals surface area contributed by atoms with E-state index in [4.69, 9.17) is 34.8 Å². The van der Waals surface area contributed by atoms with Crippen LogP contribution in [0.4, 0.5) is 4.39 Å². The highest BCUT2D eigenvalue weighted by molar-refractivity contribution is 7.99. The number of rotatable bonds is 10. The maximum absolute atomic E-state index is 14.1. The molecule has 3 rings (SSSR count). The van der Waals surface area contributed by atoms with E-state index in [1.54, 1.807) is 35.2 Å². The van der Waals surface area contributed by atoms with Gasteiger partial charge in [-0.1, -0.05) is 73.1 Å². The molecule has 4 nitrogen and oxygen atoms in total. The molecule has 1 aliphatic carbocycles. The summed E-state index contributed by atoms with van der Waals surface area (Å²) in [6.07, 6.45) is 5.75. The highest BCUT2D eigenvalue weighted by atomic mass is 35.5. The molecule has 0 radical (unpaired) electrons. The van der Waals surface area contributed by atoms with E-state index < -0.39 is 11.9 Å². The lowest BCUT2D eigenvalue weighted by Crippen LogP contribution is -2.52. The topological polar surface area (TPSA) is 49.4 Å². The quantitative estimate of drug-likeness (QED) is 0.333. The molecular weight excluding hydrogens is 530 g/mol. The molecule has 2 aromatic rings. The van der Waals surface area contributed by atoms with E-state index in [1.807, 2.05) is 6.92 Å². The smallest absolute Gasteiger partial charge is 0.243 e. The van der Waals surface area contributed by atoms with Gasteiger partial charge in [0.05, 0.1) is 5.75 Å². The first kappa shape index (κ1) is 28.1. The number of amides is 2. The van der Waals surface area contributed by atoms with Crippen LogP contribution in [0.5, 0.6) is 0 Å². The van der Waals surface area contributed by atoms with Gasteiger partial charge in [-0.25, -0.2) is 4.39 Å². The lowest BCUT2D eigenvalue weighted by atomic mass is 9.95. The fourth-order valence-electron chi connectivity index (χ4n) is 4.29. The van der Waals surface area contributed by atoms with Gasteiger partial charge in [0, 0.05) is 39.0 Å². The van der Waals surface area contributed by atoms with Crippen molar-refractivity contribution in [3.8, 4) is 0 Å². The van der Waals surface area contributed by atoms with E-state index in [0.29, 0.717) is 32.6 Å². The van der Waals surface area contributed by atoms with Crippen LogP contribution in [0.1, 0.15) is 56.6 Å². The Morgan fingerprint density at radius 3 is 2.51 bits per heavy atom. The van der Waals surface area contributed by atoms with Crippen molar-refractivity contribution in [3.05, 3.63) is 68.4 Å². The second-order valence-corrected chi connectivity index (χ2v) is 11.0. The molecule has 1 saturated carbocycles. The van der Waals surface area contributed by atoms with Crippen molar-refractivity contribution in [3.63, 3.8) is 0 Å². The third kappa shape index (κ3) is 8.01. The fourth-order valence-corrected chi connectivity index (χ4v) is 6.01. The molecule has 0 spiro atoms. The molecule has 9 heteroatoms. The number of nitrogens with zero attached hydrogens (tertiary/aromatic N) is 1. The Hall–Kier alpha value is -1.47. The molecule has 1 atom stereocenters. The van der Waals surface area contributed by atoms with Gasteiger partial charge in [-0.05, 0) is 49.1 Å². The van der Waals surface area contributed by atoms with Gasteiger partial charge < -0.3 is 10.2 Å². The molecule has 35 heavy (non-hydrogen) atoms. The molecule has 190 valence electrons. The number of thioether (sulfide) groups is 1. The summed E-state index contributed by atoms with van der Waals surface area (Å²) < 4.78 is 14.1. The van der Waals surface area contributed by atoms with E-state index in [9.17, 15) is 14.0 Å². The van der Waals surface area contributed by atoms with Crippen LogP contribution in [0.25, 0.3) is 0 Å². The van der Waals surface area contributed by atoms with Gasteiger partial charge in [-0.3, -0.25) is 9.59 Å². The molecular formula is C26H30Cl3FN2O2S. The fraction of sp³-hybridized carbons (Fsp3) is 0.462. The Morgan fingerprint density at radius 2 is 1.86 bits per heavy atom. The zero-order valence-corrected chi connectivity index (χ0v) is 22.8. The summed E-state index contributed by atoms with van der Waals surface area (Å²) >= 11 is 19.8. The highest BCUT2D eigenvalue weighted by Gasteiger charge is 2.30. The summed E-state index contributed by atoms with van der Waals surface area (Å²) in [6.45, 7) is 2.06. The average molecular weight is 560 g/mol. The lowest BCUT2D eigenvalue weighted by Gasteiger charge is -2.33. The van der Waals surface area contributed by atoms with Gasteiger partial charge in [0.1, 0.15) is 11.9 Å². The van der Waals surface area contributed by atoms with Gasteiger partial charge in [0.2, 0.25) is 11.8 Å². The molecule has 2 amide bonds. The zero-order valence-electron chi connectivity index (χ0n) is 19.7. The first-order valence-corrected chi connectivity index (χ1v) is 14.1. The SMILES string of the molecule is CC[C@H](C(=O)NC1CCCCC1)N(Cc1ccc(Cl)cc1Cl)C(=O)CSCc1c(F)cccc1Cl. The number of carbonyl (C=O) groups is 2. The Morgan fingerprint density at radius 1 is 1.11 bits per heavy atom. The molecule has 0 heterocycles. The van der Waals surface area contributed by atoms with E-state index >= 15 is 0 Å². The number of hydrogen-bond donors (Lipinski definition) is 1. The number of benzene rings is 2. The van der Waals surface area contributed by atoms with E-state index in [2.05, 4.69) is 5.32 Å². The summed E-state index contributed by atoms with van der Waals surface area (Å²) in [6, 6.07) is 9.12. The number of halogens is 4.